The van der Waals surface area contributed by atoms with Crippen LogP contribution in [0.5, 0.6) is 0 Å². The molecule has 1 aromatic heterocycles. The molecule has 3 nitrogen and oxygen atoms in total. The van der Waals surface area contributed by atoms with E-state index in [0.29, 0.717) is 0 Å². The van der Waals surface area contributed by atoms with Crippen molar-refractivity contribution in [3.8, 4) is 44.5 Å². The molecule has 0 amide bonds. The predicted octanol–water partition coefficient (Wildman–Crippen LogP) is 14.3. The maximum absolute atomic E-state index is 7.76. The van der Waals surface area contributed by atoms with Crippen molar-refractivity contribution in [3.05, 3.63) is 216 Å². The molecule has 58 heavy (non-hydrogen) atoms. The lowest BCUT2D eigenvalue weighted by atomic mass is 9.82. The van der Waals surface area contributed by atoms with Gasteiger partial charge >= 0.3 is 0 Å². The van der Waals surface area contributed by atoms with Crippen LogP contribution in [-0.4, -0.2) is 12.1 Å². The summed E-state index contributed by atoms with van der Waals surface area (Å²) < 4.78 is 2.50. The van der Waals surface area contributed by atoms with Gasteiger partial charge in [0.15, 0.2) is 0 Å². The number of nitrogen functional groups attached to an aromatic ring is 1. The fraction of sp³-hybridized carbons (Fsp3) is 0.0741. The molecule has 0 saturated carbocycles. The Labute approximate surface area is 345 Å². The van der Waals surface area contributed by atoms with Crippen molar-refractivity contribution in [2.75, 3.05) is 0 Å². The van der Waals surface area contributed by atoms with Gasteiger partial charge in [0.05, 0.1) is 0 Å². The molecule has 4 N–H and O–H groups in total. The molecule has 0 radical (unpaired) electrons. The first-order valence-electron chi connectivity index (χ1n) is 19.5. The SMILES string of the molecule is Cc1ccc(-c2ccc3c(c2)-c2ccccc2C3(C)C)cc1.N=C(N)c1ccccc1.N=Cc1cccc2sc3ccc(-c4cccc(-c5ccccc5)c4)cc3c12. The molecule has 0 saturated heterocycles. The molecule has 1 aliphatic carbocycles. The van der Waals surface area contributed by atoms with Crippen LogP contribution >= 0.6 is 11.3 Å². The second-order valence-corrected chi connectivity index (χ2v) is 16.3. The van der Waals surface area contributed by atoms with Crippen LogP contribution < -0.4 is 5.73 Å². The van der Waals surface area contributed by atoms with Crippen LogP contribution in [0.3, 0.4) is 0 Å². The van der Waals surface area contributed by atoms with E-state index in [-0.39, 0.29) is 11.3 Å². The van der Waals surface area contributed by atoms with Crippen LogP contribution in [0.25, 0.3) is 64.7 Å². The van der Waals surface area contributed by atoms with Gasteiger partial charge in [-0.05, 0) is 92.9 Å². The topological polar surface area (TPSA) is 73.7 Å². The highest BCUT2D eigenvalue weighted by atomic mass is 32.1. The Hall–Kier alpha value is -6.88. The molecule has 282 valence electrons. The molecule has 8 aromatic carbocycles. The first-order valence-corrected chi connectivity index (χ1v) is 20.4. The Morgan fingerprint density at radius 3 is 1.78 bits per heavy atom. The minimum atomic E-state index is 0.0950. The number of rotatable bonds is 5. The Balaban J connectivity index is 0.000000136. The van der Waals surface area contributed by atoms with E-state index in [1.807, 2.05) is 48.5 Å². The van der Waals surface area contributed by atoms with Gasteiger partial charge in [0, 0.05) is 42.9 Å². The van der Waals surface area contributed by atoms with Crippen molar-refractivity contribution >= 4 is 43.6 Å². The van der Waals surface area contributed by atoms with Crippen LogP contribution in [-0.2, 0) is 5.41 Å². The molecule has 1 heterocycles. The fourth-order valence-electron chi connectivity index (χ4n) is 7.93. The van der Waals surface area contributed by atoms with Crippen LogP contribution in [0, 0.1) is 17.7 Å². The molecule has 0 spiro atoms. The summed E-state index contributed by atoms with van der Waals surface area (Å²) in [4.78, 5) is 0. The third-order valence-electron chi connectivity index (χ3n) is 11.0. The van der Waals surface area contributed by atoms with Crippen LogP contribution in [0.15, 0.2) is 188 Å². The Morgan fingerprint density at radius 2 is 1.07 bits per heavy atom. The molecule has 0 aliphatic heterocycles. The minimum absolute atomic E-state index is 0.0950. The molecule has 0 atom stereocenters. The van der Waals surface area contributed by atoms with E-state index in [1.54, 1.807) is 11.3 Å². The van der Waals surface area contributed by atoms with Crippen molar-refractivity contribution < 1.29 is 0 Å². The van der Waals surface area contributed by atoms with Crippen LogP contribution in [0.1, 0.15) is 41.7 Å². The minimum Gasteiger partial charge on any atom is -0.384 e. The summed E-state index contributed by atoms with van der Waals surface area (Å²) in [6, 6.07) is 65.8. The lowest BCUT2D eigenvalue weighted by molar-refractivity contribution is 0.660. The zero-order valence-corrected chi connectivity index (χ0v) is 33.8. The maximum Gasteiger partial charge on any atom is 0.122 e. The smallest absolute Gasteiger partial charge is 0.122 e. The van der Waals surface area contributed by atoms with E-state index >= 15 is 0 Å². The molecule has 0 fully saturated rings. The first-order chi connectivity index (χ1) is 28.2. The van der Waals surface area contributed by atoms with E-state index in [4.69, 9.17) is 16.6 Å². The zero-order chi connectivity index (χ0) is 40.2. The average molecular weight is 768 g/mol. The number of amidine groups is 1. The number of fused-ring (bicyclic) bond motifs is 6. The summed E-state index contributed by atoms with van der Waals surface area (Å²) in [6.07, 6.45) is 1.46. The van der Waals surface area contributed by atoms with Gasteiger partial charge in [-0.25, -0.2) is 0 Å². The van der Waals surface area contributed by atoms with Gasteiger partial charge in [-0.2, -0.15) is 0 Å². The van der Waals surface area contributed by atoms with Crippen molar-refractivity contribution in [1.29, 1.82) is 10.8 Å². The highest BCUT2D eigenvalue weighted by Crippen LogP contribution is 2.49. The molecular weight excluding hydrogens is 723 g/mol. The van der Waals surface area contributed by atoms with Crippen LogP contribution in [0.2, 0.25) is 0 Å². The third kappa shape index (κ3) is 7.63. The summed E-state index contributed by atoms with van der Waals surface area (Å²) in [7, 11) is 0. The van der Waals surface area contributed by atoms with Gasteiger partial charge in [-0.3, -0.25) is 5.41 Å². The molecule has 0 unspecified atom stereocenters. The number of nitrogens with one attached hydrogen (secondary N) is 2. The normalized spacial score (nSPS) is 12.1. The monoisotopic (exact) mass is 767 g/mol. The average Bonchev–Trinajstić information content (AvgIpc) is 3.76. The number of thiophene rings is 1. The van der Waals surface area contributed by atoms with Gasteiger partial charge in [0.2, 0.25) is 0 Å². The van der Waals surface area contributed by atoms with Gasteiger partial charge in [0.1, 0.15) is 5.84 Å². The van der Waals surface area contributed by atoms with Gasteiger partial charge in [0.25, 0.3) is 0 Å². The summed E-state index contributed by atoms with van der Waals surface area (Å²) in [5, 5.41) is 17.2. The van der Waals surface area contributed by atoms with Gasteiger partial charge < -0.3 is 11.1 Å². The van der Waals surface area contributed by atoms with Gasteiger partial charge in [-0.1, -0.05) is 177 Å². The molecule has 9 aromatic rings. The van der Waals surface area contributed by atoms with E-state index < -0.39 is 0 Å². The van der Waals surface area contributed by atoms with Crippen molar-refractivity contribution in [1.82, 2.24) is 0 Å². The highest BCUT2D eigenvalue weighted by molar-refractivity contribution is 7.25. The first kappa shape index (κ1) is 38.0. The van der Waals surface area contributed by atoms with Gasteiger partial charge in [-0.15, -0.1) is 11.3 Å². The summed E-state index contributed by atoms with van der Waals surface area (Å²) >= 11 is 1.79. The lowest BCUT2D eigenvalue weighted by Gasteiger charge is -2.21. The quantitative estimate of drug-likeness (QED) is 0.118. The summed E-state index contributed by atoms with van der Waals surface area (Å²) in [5.74, 6) is 0.121. The number of hydrogen-bond acceptors (Lipinski definition) is 3. The number of aryl methyl sites for hydroxylation is 1. The van der Waals surface area contributed by atoms with E-state index in [2.05, 4.69) is 160 Å². The molecule has 0 bridgehead atoms. The lowest BCUT2D eigenvalue weighted by Crippen LogP contribution is -2.14. The predicted molar refractivity (Wildman–Crippen MR) is 250 cm³/mol. The van der Waals surface area contributed by atoms with Crippen molar-refractivity contribution in [2.45, 2.75) is 26.2 Å². The molecule has 4 heteroatoms. The van der Waals surface area contributed by atoms with Crippen LogP contribution in [0.4, 0.5) is 0 Å². The number of benzene rings is 8. The van der Waals surface area contributed by atoms with E-state index in [0.717, 1.165) is 11.1 Å². The Bertz CT molecular complexity index is 2910. The number of nitrogens with two attached hydrogens (primary N) is 1. The van der Waals surface area contributed by atoms with Crippen molar-refractivity contribution in [2.24, 2.45) is 5.73 Å². The molecule has 10 rings (SSSR count). The largest absolute Gasteiger partial charge is 0.384 e. The summed E-state index contributed by atoms with van der Waals surface area (Å²) in [6.45, 7) is 6.78. The number of hydrogen-bond donors (Lipinski definition) is 3. The fourth-order valence-corrected chi connectivity index (χ4v) is 9.05. The summed E-state index contributed by atoms with van der Waals surface area (Å²) in [5.41, 5.74) is 21.5. The molecule has 1 aliphatic rings. The second kappa shape index (κ2) is 16.3. The highest BCUT2D eigenvalue weighted by Gasteiger charge is 2.35. The zero-order valence-electron chi connectivity index (χ0n) is 33.0. The second-order valence-electron chi connectivity index (χ2n) is 15.2. The maximum atomic E-state index is 7.76. The Kier molecular flexibility index (Phi) is 10.7. The molecular formula is C54H45N3S. The van der Waals surface area contributed by atoms with Crippen molar-refractivity contribution in [3.63, 3.8) is 0 Å². The van der Waals surface area contributed by atoms with E-state index in [1.165, 1.54) is 87.6 Å². The standard InChI is InChI=1S/C25H17NS.C22H20.C7H8N2/c26-16-21-10-5-11-24-25(21)22-15-20(12-13-23(22)27-24)19-9-4-8-18(14-19)17-6-2-1-3-7-17;1-15-8-10-16(11-9-15)17-12-13-21-19(14-17)18-6-4-5-7-20(18)22(21,2)3;8-7(9)6-4-2-1-3-5-6/h1-16,26H;4-14H,1-3H3;1-5H,(H3,8,9). The third-order valence-corrected chi connectivity index (χ3v) is 12.2. The Morgan fingerprint density at radius 1 is 0.517 bits per heavy atom. The van der Waals surface area contributed by atoms with E-state index in [9.17, 15) is 0 Å².